The number of benzene rings is 1. The first-order chi connectivity index (χ1) is 18.8. The van der Waals surface area contributed by atoms with Crippen molar-refractivity contribution in [3.63, 3.8) is 0 Å². The number of thioether (sulfide) groups is 1. The normalized spacial score (nSPS) is 22.2. The first kappa shape index (κ1) is 27.2. The van der Waals surface area contributed by atoms with E-state index in [1.807, 2.05) is 12.1 Å². The van der Waals surface area contributed by atoms with Crippen LogP contribution in [0.4, 0.5) is 0 Å². The molecule has 2 aromatic rings. The Hall–Kier alpha value is -3.37. The van der Waals surface area contributed by atoms with Gasteiger partial charge in [-0.15, -0.1) is 11.8 Å². The lowest BCUT2D eigenvalue weighted by molar-refractivity contribution is -0.161. The molecule has 1 aromatic heterocycles. The van der Waals surface area contributed by atoms with E-state index in [0.717, 1.165) is 25.0 Å². The van der Waals surface area contributed by atoms with Crippen molar-refractivity contribution in [3.8, 4) is 0 Å². The molecule has 4 N–H and O–H groups in total. The number of carbonyl (C=O) groups excluding carboxylic acids is 2. The molecule has 0 bridgehead atoms. The summed E-state index contributed by atoms with van der Waals surface area (Å²) >= 11 is 1.41. The lowest BCUT2D eigenvalue weighted by Crippen LogP contribution is -2.71. The van der Waals surface area contributed by atoms with Crippen molar-refractivity contribution in [1.29, 1.82) is 0 Å². The fraction of sp³-hybridized carbons (Fsp3) is 0.448. The van der Waals surface area contributed by atoms with Crippen LogP contribution in [0, 0.1) is 5.92 Å². The summed E-state index contributed by atoms with van der Waals surface area (Å²) in [6.07, 6.45) is 6.84. The molecule has 10 heteroatoms. The second-order valence-electron chi connectivity index (χ2n) is 10.7. The summed E-state index contributed by atoms with van der Waals surface area (Å²) in [5.74, 6) is -1.16. The number of hydrogen-bond acceptors (Lipinski definition) is 6. The molecule has 1 aromatic carbocycles. The second-order valence-corrected chi connectivity index (χ2v) is 11.8. The maximum atomic E-state index is 13.8. The summed E-state index contributed by atoms with van der Waals surface area (Å²) in [4.78, 5) is 57.9. The molecule has 2 aliphatic heterocycles. The van der Waals surface area contributed by atoms with Crippen LogP contribution in [0.15, 0.2) is 58.5 Å². The van der Waals surface area contributed by atoms with Gasteiger partial charge >= 0.3 is 5.97 Å². The first-order valence-electron chi connectivity index (χ1n) is 13.5. The molecule has 0 spiro atoms. The highest BCUT2D eigenvalue weighted by atomic mass is 32.2. The minimum atomic E-state index is -1.17. The monoisotopic (exact) mass is 550 g/mol. The molecule has 9 nitrogen and oxygen atoms in total. The average Bonchev–Trinajstić information content (AvgIpc) is 2.94. The van der Waals surface area contributed by atoms with E-state index >= 15 is 0 Å². The van der Waals surface area contributed by atoms with E-state index in [1.54, 1.807) is 37.3 Å². The summed E-state index contributed by atoms with van der Waals surface area (Å²) < 4.78 is 0. The zero-order chi connectivity index (χ0) is 27.7. The number of carboxylic acid groups (broad SMARTS) is 1. The van der Waals surface area contributed by atoms with Gasteiger partial charge in [-0.1, -0.05) is 68.5 Å². The van der Waals surface area contributed by atoms with Crippen LogP contribution in [0.5, 0.6) is 0 Å². The second kappa shape index (κ2) is 11.4. The Morgan fingerprint density at radius 2 is 1.85 bits per heavy atom. The molecule has 0 unspecified atom stereocenters. The van der Waals surface area contributed by atoms with Crippen molar-refractivity contribution in [3.05, 3.63) is 80.9 Å². The number of hydrogen-bond donors (Lipinski definition) is 3. The summed E-state index contributed by atoms with van der Waals surface area (Å²) in [5, 5.41) is 9.16. The van der Waals surface area contributed by atoms with E-state index in [4.69, 9.17) is 5.73 Å². The standard InChI is InChI=1S/C29H34N4O5S/c1-17-16-39-28-24(27(36)33(28)23(17)29(37)38)32(26(35)22(30)19-10-6-3-7-11-19)15-20-12-13-21(31-25(20)34)14-18-8-4-2-5-9-18/h3,6-7,10-13,18,22,24,28H,2,4-5,8-9,14-16,30H2,1H3,(H,31,34)(H,37,38)/t22-,24-,28-/m1/s1. The molecule has 0 radical (unpaired) electrons. The van der Waals surface area contributed by atoms with Gasteiger partial charge in [0.1, 0.15) is 23.2 Å². The number of carboxylic acids is 1. The Balaban J connectivity index is 1.43. The maximum Gasteiger partial charge on any atom is 0.352 e. The zero-order valence-electron chi connectivity index (χ0n) is 22.0. The summed E-state index contributed by atoms with van der Waals surface area (Å²) in [6, 6.07) is 10.5. The number of β-lactam (4-membered cyclic amide) rings is 1. The van der Waals surface area contributed by atoms with Gasteiger partial charge < -0.3 is 20.7 Å². The summed E-state index contributed by atoms with van der Waals surface area (Å²) in [6.45, 7) is 1.58. The van der Waals surface area contributed by atoms with Gasteiger partial charge in [-0.05, 0) is 36.5 Å². The zero-order valence-corrected chi connectivity index (χ0v) is 22.8. The van der Waals surface area contributed by atoms with Crippen molar-refractivity contribution in [1.82, 2.24) is 14.8 Å². The number of nitrogens with zero attached hydrogens (tertiary/aromatic N) is 2. The van der Waals surface area contributed by atoms with E-state index in [1.165, 1.54) is 40.8 Å². The number of rotatable bonds is 8. The molecule has 1 saturated carbocycles. The highest BCUT2D eigenvalue weighted by Crippen LogP contribution is 2.43. The Bertz CT molecular complexity index is 1350. The van der Waals surface area contributed by atoms with Crippen LogP contribution < -0.4 is 11.3 Å². The molecule has 5 rings (SSSR count). The van der Waals surface area contributed by atoms with Crippen LogP contribution in [0.3, 0.4) is 0 Å². The Labute approximate surface area is 231 Å². The molecule has 2 fully saturated rings. The first-order valence-corrected chi connectivity index (χ1v) is 14.5. The lowest BCUT2D eigenvalue weighted by atomic mass is 9.86. The molecule has 1 aliphatic carbocycles. The van der Waals surface area contributed by atoms with E-state index < -0.39 is 35.2 Å². The fourth-order valence-electron chi connectivity index (χ4n) is 5.88. The third-order valence-corrected chi connectivity index (χ3v) is 9.41. The molecule has 1 saturated heterocycles. The van der Waals surface area contributed by atoms with E-state index in [0.29, 0.717) is 28.4 Å². The predicted octanol–water partition coefficient (Wildman–Crippen LogP) is 3.17. The average molecular weight is 551 g/mol. The smallest absolute Gasteiger partial charge is 0.352 e. The Morgan fingerprint density at radius 1 is 1.13 bits per heavy atom. The number of fused-ring (bicyclic) bond motifs is 1. The Morgan fingerprint density at radius 3 is 2.51 bits per heavy atom. The lowest BCUT2D eigenvalue weighted by Gasteiger charge is -2.53. The van der Waals surface area contributed by atoms with Crippen molar-refractivity contribution >= 4 is 29.5 Å². The number of aromatic nitrogens is 1. The van der Waals surface area contributed by atoms with Crippen LogP contribution in [-0.2, 0) is 27.3 Å². The van der Waals surface area contributed by atoms with Crippen LogP contribution in [0.1, 0.15) is 61.9 Å². The number of amides is 2. The quantitative estimate of drug-likeness (QED) is 0.430. The number of H-pyrrole nitrogens is 1. The number of nitrogens with one attached hydrogen (secondary N) is 1. The van der Waals surface area contributed by atoms with Crippen LogP contribution in [0.25, 0.3) is 0 Å². The van der Waals surface area contributed by atoms with Crippen molar-refractivity contribution in [2.45, 2.75) is 69.5 Å². The molecule has 3 aliphatic rings. The van der Waals surface area contributed by atoms with Gasteiger partial charge in [-0.2, -0.15) is 0 Å². The Kier molecular flexibility index (Phi) is 7.95. The van der Waals surface area contributed by atoms with Gasteiger partial charge in [0.05, 0.1) is 6.54 Å². The fourth-order valence-corrected chi connectivity index (χ4v) is 7.24. The minimum absolute atomic E-state index is 0.0373. The van der Waals surface area contributed by atoms with Crippen molar-refractivity contribution in [2.75, 3.05) is 5.75 Å². The third kappa shape index (κ3) is 5.40. The molecule has 39 heavy (non-hydrogen) atoms. The van der Waals surface area contributed by atoms with E-state index in [9.17, 15) is 24.3 Å². The molecular formula is C29H34N4O5S. The van der Waals surface area contributed by atoms with Gasteiger partial charge in [0, 0.05) is 17.0 Å². The predicted molar refractivity (Wildman–Crippen MR) is 148 cm³/mol. The number of aromatic amines is 1. The van der Waals surface area contributed by atoms with E-state index in [-0.39, 0.29) is 17.8 Å². The van der Waals surface area contributed by atoms with E-state index in [2.05, 4.69) is 4.98 Å². The van der Waals surface area contributed by atoms with Gasteiger partial charge in [-0.3, -0.25) is 19.3 Å². The topological polar surface area (TPSA) is 137 Å². The molecule has 2 amide bonds. The van der Waals surface area contributed by atoms with Gasteiger partial charge in [0.15, 0.2) is 0 Å². The van der Waals surface area contributed by atoms with Gasteiger partial charge in [0.2, 0.25) is 5.91 Å². The number of aliphatic carboxylic acids is 1. The summed E-state index contributed by atoms with van der Waals surface area (Å²) in [7, 11) is 0. The van der Waals surface area contributed by atoms with Crippen LogP contribution in [0.2, 0.25) is 0 Å². The van der Waals surface area contributed by atoms with Crippen molar-refractivity contribution < 1.29 is 19.5 Å². The highest BCUT2D eigenvalue weighted by Gasteiger charge is 2.57. The highest BCUT2D eigenvalue weighted by molar-refractivity contribution is 8.00. The maximum absolute atomic E-state index is 13.8. The number of pyridine rings is 1. The number of nitrogens with two attached hydrogens (primary N) is 1. The SMILES string of the molecule is CC1=C(C(=O)O)N2C(=O)[C@@H](N(Cc3ccc(CC4CCCCC4)[nH]c3=O)C(=O)[C@H](N)c3ccccc3)[C@H]2SC1. The van der Waals surface area contributed by atoms with Crippen LogP contribution >= 0.6 is 11.8 Å². The van der Waals surface area contributed by atoms with Gasteiger partial charge in [-0.25, -0.2) is 4.79 Å². The molecule has 206 valence electrons. The molecule has 3 heterocycles. The van der Waals surface area contributed by atoms with Gasteiger partial charge in [0.25, 0.3) is 11.5 Å². The number of carbonyl (C=O) groups is 3. The van der Waals surface area contributed by atoms with Crippen LogP contribution in [-0.4, -0.2) is 54.8 Å². The molecular weight excluding hydrogens is 516 g/mol. The third-order valence-electron chi connectivity index (χ3n) is 8.00. The minimum Gasteiger partial charge on any atom is -0.477 e. The van der Waals surface area contributed by atoms with Crippen molar-refractivity contribution in [2.24, 2.45) is 11.7 Å². The molecule has 3 atom stereocenters. The summed E-state index contributed by atoms with van der Waals surface area (Å²) in [5.41, 5.74) is 8.45. The largest absolute Gasteiger partial charge is 0.477 e.